The highest BCUT2D eigenvalue weighted by Gasteiger charge is 2.26. The number of ether oxygens (including phenoxy) is 1. The third-order valence-electron chi connectivity index (χ3n) is 3.52. The molecule has 22 heavy (non-hydrogen) atoms. The molecule has 4 nitrogen and oxygen atoms in total. The van der Waals surface area contributed by atoms with Crippen LogP contribution in [0.3, 0.4) is 0 Å². The molecule has 0 atom stereocenters. The van der Waals surface area contributed by atoms with E-state index in [0.29, 0.717) is 44.9 Å². The number of aromatic nitrogens is 2. The third-order valence-corrected chi connectivity index (χ3v) is 4.59. The fraction of sp³-hybridized carbons (Fsp3) is 0.375. The van der Waals surface area contributed by atoms with Gasteiger partial charge >= 0.3 is 0 Å². The van der Waals surface area contributed by atoms with E-state index < -0.39 is 0 Å². The number of ketones is 1. The lowest BCUT2D eigenvalue weighted by atomic mass is 9.99. The standard InChI is InChI=1S/C16H18Cl2N2O2/c1-6-22-16-12(10(4)19-20(16)5)15(21)11-7-8(2)13(17)9(3)14(11)18/h7H,6H2,1-5H3. The minimum Gasteiger partial charge on any atom is -0.478 e. The Hall–Kier alpha value is -1.52. The van der Waals surface area contributed by atoms with Crippen LogP contribution in [0.15, 0.2) is 6.07 Å². The van der Waals surface area contributed by atoms with Crippen LogP contribution in [0.4, 0.5) is 0 Å². The molecule has 1 aromatic heterocycles. The number of rotatable bonds is 4. The van der Waals surface area contributed by atoms with Gasteiger partial charge in [0.15, 0.2) is 0 Å². The van der Waals surface area contributed by atoms with Crippen molar-refractivity contribution in [1.29, 1.82) is 0 Å². The highest BCUT2D eigenvalue weighted by molar-refractivity contribution is 6.39. The Kier molecular flexibility index (Phi) is 4.83. The van der Waals surface area contributed by atoms with Crippen LogP contribution >= 0.6 is 23.2 Å². The number of benzene rings is 1. The van der Waals surface area contributed by atoms with Crippen molar-refractivity contribution in [2.45, 2.75) is 27.7 Å². The Balaban J connectivity index is 2.64. The van der Waals surface area contributed by atoms with Gasteiger partial charge in [-0.05, 0) is 44.9 Å². The molecule has 2 rings (SSSR count). The van der Waals surface area contributed by atoms with E-state index in [2.05, 4.69) is 5.10 Å². The van der Waals surface area contributed by atoms with Crippen LogP contribution < -0.4 is 4.74 Å². The Bertz CT molecular complexity index is 751. The maximum absolute atomic E-state index is 13.0. The van der Waals surface area contributed by atoms with E-state index in [1.807, 2.05) is 13.8 Å². The molecule has 0 aliphatic rings. The van der Waals surface area contributed by atoms with Gasteiger partial charge in [0.2, 0.25) is 11.7 Å². The summed E-state index contributed by atoms with van der Waals surface area (Å²) in [5, 5.41) is 5.22. The summed E-state index contributed by atoms with van der Waals surface area (Å²) in [6.07, 6.45) is 0. The number of nitrogens with zero attached hydrogens (tertiary/aromatic N) is 2. The Morgan fingerprint density at radius 2 is 1.91 bits per heavy atom. The summed E-state index contributed by atoms with van der Waals surface area (Å²) in [5.41, 5.74) is 2.97. The predicted molar refractivity (Wildman–Crippen MR) is 88.5 cm³/mol. The third kappa shape index (κ3) is 2.73. The Morgan fingerprint density at radius 3 is 2.50 bits per heavy atom. The first-order valence-electron chi connectivity index (χ1n) is 6.95. The molecule has 0 aliphatic carbocycles. The van der Waals surface area contributed by atoms with Crippen molar-refractivity contribution in [2.24, 2.45) is 7.05 Å². The molecule has 0 N–H and O–H groups in total. The smallest absolute Gasteiger partial charge is 0.223 e. The van der Waals surface area contributed by atoms with Gasteiger partial charge < -0.3 is 4.74 Å². The fourth-order valence-electron chi connectivity index (χ4n) is 2.44. The molecule has 1 heterocycles. The van der Waals surface area contributed by atoms with Gasteiger partial charge in [-0.25, -0.2) is 4.68 Å². The lowest BCUT2D eigenvalue weighted by Gasteiger charge is -2.12. The first kappa shape index (κ1) is 16.8. The molecular weight excluding hydrogens is 323 g/mol. The maximum Gasteiger partial charge on any atom is 0.223 e. The van der Waals surface area contributed by atoms with Gasteiger partial charge in [-0.15, -0.1) is 0 Å². The first-order valence-corrected chi connectivity index (χ1v) is 7.71. The maximum atomic E-state index is 13.0. The molecule has 1 aromatic carbocycles. The number of hydrogen-bond acceptors (Lipinski definition) is 3. The summed E-state index contributed by atoms with van der Waals surface area (Å²) in [6, 6.07) is 1.71. The summed E-state index contributed by atoms with van der Waals surface area (Å²) >= 11 is 12.5. The predicted octanol–water partition coefficient (Wildman–Crippen LogP) is 4.28. The second kappa shape index (κ2) is 6.31. The zero-order valence-corrected chi connectivity index (χ0v) is 14.8. The van der Waals surface area contributed by atoms with Gasteiger partial charge in [-0.1, -0.05) is 23.2 Å². The van der Waals surface area contributed by atoms with E-state index in [-0.39, 0.29) is 5.78 Å². The van der Waals surface area contributed by atoms with E-state index in [9.17, 15) is 4.79 Å². The molecule has 0 bridgehead atoms. The SMILES string of the molecule is CCOc1c(C(=O)c2cc(C)c(Cl)c(C)c2Cl)c(C)nn1C. The van der Waals surface area contributed by atoms with Crippen LogP contribution in [0, 0.1) is 20.8 Å². The zero-order valence-electron chi connectivity index (χ0n) is 13.3. The normalized spacial score (nSPS) is 10.9. The van der Waals surface area contributed by atoms with Gasteiger partial charge in [-0.2, -0.15) is 5.10 Å². The summed E-state index contributed by atoms with van der Waals surface area (Å²) in [4.78, 5) is 13.0. The number of halogens is 2. The van der Waals surface area contributed by atoms with Crippen LogP contribution in [-0.4, -0.2) is 22.2 Å². The molecule has 0 spiro atoms. The molecule has 0 saturated carbocycles. The summed E-state index contributed by atoms with van der Waals surface area (Å²) < 4.78 is 7.13. The summed E-state index contributed by atoms with van der Waals surface area (Å²) in [7, 11) is 1.74. The van der Waals surface area contributed by atoms with E-state index in [1.165, 1.54) is 0 Å². The van der Waals surface area contributed by atoms with Crippen molar-refractivity contribution < 1.29 is 9.53 Å². The minimum absolute atomic E-state index is 0.207. The highest BCUT2D eigenvalue weighted by Crippen LogP contribution is 2.34. The molecule has 0 saturated heterocycles. The van der Waals surface area contributed by atoms with Crippen LogP contribution in [0.5, 0.6) is 5.88 Å². The monoisotopic (exact) mass is 340 g/mol. The Labute approximate surface area is 140 Å². The average Bonchev–Trinajstić information content (AvgIpc) is 2.75. The lowest BCUT2D eigenvalue weighted by Crippen LogP contribution is -2.08. The number of aryl methyl sites for hydroxylation is 3. The summed E-state index contributed by atoms with van der Waals surface area (Å²) in [5.74, 6) is 0.244. The second-order valence-corrected chi connectivity index (χ2v) is 5.90. The molecule has 118 valence electrons. The average molecular weight is 341 g/mol. The Morgan fingerprint density at radius 1 is 1.27 bits per heavy atom. The van der Waals surface area contributed by atoms with Crippen LogP contribution in [0.2, 0.25) is 10.0 Å². The second-order valence-electron chi connectivity index (χ2n) is 5.15. The van der Waals surface area contributed by atoms with Gasteiger partial charge in [-0.3, -0.25) is 4.79 Å². The number of carbonyl (C=O) groups excluding carboxylic acids is 1. The molecule has 0 radical (unpaired) electrons. The van der Waals surface area contributed by atoms with Gasteiger partial charge in [0, 0.05) is 17.6 Å². The summed E-state index contributed by atoms with van der Waals surface area (Å²) in [6.45, 7) is 7.74. The van der Waals surface area contributed by atoms with Crippen LogP contribution in [0.1, 0.15) is 39.7 Å². The molecule has 0 amide bonds. The molecule has 0 aliphatic heterocycles. The van der Waals surface area contributed by atoms with E-state index >= 15 is 0 Å². The van der Waals surface area contributed by atoms with Gasteiger partial charge in [0.05, 0.1) is 17.3 Å². The van der Waals surface area contributed by atoms with Crippen molar-refractivity contribution in [3.05, 3.63) is 44.1 Å². The molecule has 2 aromatic rings. The molecule has 0 unspecified atom stereocenters. The largest absolute Gasteiger partial charge is 0.478 e. The molecule has 6 heteroatoms. The van der Waals surface area contributed by atoms with E-state index in [0.717, 1.165) is 5.56 Å². The van der Waals surface area contributed by atoms with E-state index in [1.54, 1.807) is 31.6 Å². The van der Waals surface area contributed by atoms with Crippen molar-refractivity contribution in [3.63, 3.8) is 0 Å². The first-order chi connectivity index (χ1) is 10.3. The fourth-order valence-corrected chi connectivity index (χ4v) is 2.87. The van der Waals surface area contributed by atoms with Crippen LogP contribution in [-0.2, 0) is 7.05 Å². The molecule has 0 fully saturated rings. The zero-order chi connectivity index (χ0) is 16.6. The van der Waals surface area contributed by atoms with Crippen molar-refractivity contribution in [2.75, 3.05) is 6.61 Å². The minimum atomic E-state index is -0.207. The lowest BCUT2D eigenvalue weighted by molar-refractivity contribution is 0.103. The van der Waals surface area contributed by atoms with Crippen LogP contribution in [0.25, 0.3) is 0 Å². The topological polar surface area (TPSA) is 44.1 Å². The number of carbonyl (C=O) groups is 1. The quantitative estimate of drug-likeness (QED) is 0.780. The molecular formula is C16H18Cl2N2O2. The van der Waals surface area contributed by atoms with Crippen molar-refractivity contribution >= 4 is 29.0 Å². The van der Waals surface area contributed by atoms with Crippen molar-refractivity contribution in [1.82, 2.24) is 9.78 Å². The van der Waals surface area contributed by atoms with Gasteiger partial charge in [0.1, 0.15) is 5.56 Å². The highest BCUT2D eigenvalue weighted by atomic mass is 35.5. The number of hydrogen-bond donors (Lipinski definition) is 0. The van der Waals surface area contributed by atoms with E-state index in [4.69, 9.17) is 27.9 Å². The van der Waals surface area contributed by atoms with Gasteiger partial charge in [0.25, 0.3) is 0 Å². The van der Waals surface area contributed by atoms with Crippen molar-refractivity contribution in [3.8, 4) is 5.88 Å².